The van der Waals surface area contributed by atoms with Gasteiger partial charge in [-0.3, -0.25) is 14.6 Å². The van der Waals surface area contributed by atoms with Crippen molar-refractivity contribution in [3.8, 4) is 34.5 Å². The highest BCUT2D eigenvalue weighted by Crippen LogP contribution is 2.45. The minimum Gasteiger partial charge on any atom is -0.468 e. The second-order valence-corrected chi connectivity index (χ2v) is 26.6. The fourth-order valence-corrected chi connectivity index (χ4v) is 17.0. The molecule has 4 aliphatic heterocycles. The molecule has 68 heavy (non-hydrogen) atoms. The van der Waals surface area contributed by atoms with Gasteiger partial charge >= 0.3 is 12.1 Å². The van der Waals surface area contributed by atoms with Crippen LogP contribution >= 0.6 is 0 Å². The minimum atomic E-state index is -2.41. The topological polar surface area (TPSA) is 131 Å². The summed E-state index contributed by atoms with van der Waals surface area (Å²) in [6.07, 6.45) is 1.86. The molecular formula is C51H66F3N7O6Si. The molecule has 4 atom stereocenters. The van der Waals surface area contributed by atoms with Crippen molar-refractivity contribution in [1.82, 2.24) is 30.1 Å². The van der Waals surface area contributed by atoms with Crippen LogP contribution in [0.25, 0.3) is 32.9 Å². The molecule has 2 bridgehead atoms. The Kier molecular flexibility index (Phi) is 13.7. The average Bonchev–Trinajstić information content (AvgIpc) is 3.90. The summed E-state index contributed by atoms with van der Waals surface area (Å²) >= 11 is 0. The van der Waals surface area contributed by atoms with Crippen LogP contribution in [0.3, 0.4) is 0 Å². The Morgan fingerprint density at radius 2 is 1.65 bits per heavy atom. The third-order valence-electron chi connectivity index (χ3n) is 14.7. The molecule has 4 saturated heterocycles. The number of alkyl halides is 1. The number of ether oxygens (including phenoxy) is 4. The van der Waals surface area contributed by atoms with Crippen LogP contribution in [0.2, 0.25) is 16.6 Å². The number of carbonyl (C=O) groups excluding carboxylic acids is 2. The predicted molar refractivity (Wildman–Crippen MR) is 260 cm³/mol. The van der Waals surface area contributed by atoms with Gasteiger partial charge in [-0.2, -0.15) is 9.97 Å². The Labute approximate surface area is 398 Å². The normalized spacial score (nSPS) is 21.8. The van der Waals surface area contributed by atoms with E-state index in [1.165, 1.54) is 20.2 Å². The van der Waals surface area contributed by atoms with Gasteiger partial charge in [-0.05, 0) is 93.2 Å². The molecule has 2 aromatic carbocycles. The first kappa shape index (κ1) is 49.2. The van der Waals surface area contributed by atoms with E-state index < -0.39 is 49.0 Å². The van der Waals surface area contributed by atoms with Crippen LogP contribution < -0.4 is 19.7 Å². The lowest BCUT2D eigenvalue weighted by Crippen LogP contribution is -2.57. The summed E-state index contributed by atoms with van der Waals surface area (Å²) in [5.41, 5.74) is 2.60. The lowest BCUT2D eigenvalue weighted by molar-refractivity contribution is 0.0122. The smallest absolute Gasteiger partial charge is 0.410 e. The number of nitrogens with one attached hydrogen (secondary N) is 1. The van der Waals surface area contributed by atoms with E-state index in [-0.39, 0.29) is 118 Å². The number of hydrogen-bond acceptors (Lipinski definition) is 11. The van der Waals surface area contributed by atoms with Crippen molar-refractivity contribution in [2.45, 2.75) is 140 Å². The number of fused-ring (bicyclic) bond motifs is 5. The summed E-state index contributed by atoms with van der Waals surface area (Å²) in [5, 5.41) is 3.52. The van der Waals surface area contributed by atoms with E-state index >= 15 is 8.78 Å². The molecule has 0 radical (unpaired) electrons. The molecule has 0 saturated carbocycles. The summed E-state index contributed by atoms with van der Waals surface area (Å²) < 4.78 is 73.3. The molecule has 2 aromatic heterocycles. The van der Waals surface area contributed by atoms with Crippen molar-refractivity contribution in [3.05, 3.63) is 47.2 Å². The maximum atomic E-state index is 18.3. The molecule has 2 amide bonds. The number of anilines is 1. The van der Waals surface area contributed by atoms with Crippen LogP contribution in [-0.4, -0.2) is 128 Å². The number of piperazine rings is 1. The maximum Gasteiger partial charge on any atom is 0.410 e. The molecule has 0 aliphatic carbocycles. The van der Waals surface area contributed by atoms with E-state index in [0.29, 0.717) is 24.8 Å². The quantitative estimate of drug-likeness (QED) is 0.0828. The number of methoxy groups -OCH3 is 1. The van der Waals surface area contributed by atoms with Gasteiger partial charge in [-0.1, -0.05) is 53.5 Å². The Bertz CT molecular complexity index is 2630. The summed E-state index contributed by atoms with van der Waals surface area (Å²) in [5.74, 6) is 1.65. The second-order valence-electron chi connectivity index (χ2n) is 21.0. The number of nitrogens with zero attached hydrogens (tertiary/aromatic N) is 6. The van der Waals surface area contributed by atoms with Gasteiger partial charge in [-0.15, -0.1) is 5.54 Å². The van der Waals surface area contributed by atoms with E-state index in [0.717, 1.165) is 19.4 Å². The highest BCUT2D eigenvalue weighted by atomic mass is 28.3. The van der Waals surface area contributed by atoms with Crippen molar-refractivity contribution >= 4 is 47.6 Å². The Hall–Kier alpha value is -5.18. The van der Waals surface area contributed by atoms with Gasteiger partial charge in [0.25, 0.3) is 5.91 Å². The monoisotopic (exact) mass is 957 g/mol. The molecule has 0 spiro atoms. The molecule has 8 rings (SSSR count). The lowest BCUT2D eigenvalue weighted by Gasteiger charge is -2.42. The number of rotatable bonds is 12. The largest absolute Gasteiger partial charge is 0.468 e. The van der Waals surface area contributed by atoms with Crippen LogP contribution in [0.1, 0.15) is 110 Å². The van der Waals surface area contributed by atoms with Crippen LogP contribution in [0, 0.1) is 23.1 Å². The molecular weight excluding hydrogens is 892 g/mol. The summed E-state index contributed by atoms with van der Waals surface area (Å²) in [6, 6.07) is 5.50. The highest BCUT2D eigenvalue weighted by Gasteiger charge is 2.50. The van der Waals surface area contributed by atoms with Crippen molar-refractivity contribution < 1.29 is 41.7 Å². The van der Waals surface area contributed by atoms with Gasteiger partial charge in [-0.25, -0.2) is 22.9 Å². The zero-order chi connectivity index (χ0) is 49.0. The maximum absolute atomic E-state index is 18.3. The summed E-state index contributed by atoms with van der Waals surface area (Å²) in [7, 11) is 0.523. The number of amides is 2. The fourth-order valence-electron chi connectivity index (χ4n) is 11.8. The summed E-state index contributed by atoms with van der Waals surface area (Å²) in [6.45, 7) is 20.1. The van der Waals surface area contributed by atoms with Gasteiger partial charge < -0.3 is 29.2 Å². The Morgan fingerprint density at radius 3 is 2.28 bits per heavy atom. The van der Waals surface area contributed by atoms with Crippen LogP contribution in [-0.2, 0) is 9.47 Å². The molecule has 17 heteroatoms. The lowest BCUT2D eigenvalue weighted by atomic mass is 9.95. The number of pyridine rings is 1. The van der Waals surface area contributed by atoms with Gasteiger partial charge in [0.05, 0.1) is 28.6 Å². The van der Waals surface area contributed by atoms with E-state index in [9.17, 15) is 14.0 Å². The van der Waals surface area contributed by atoms with Crippen molar-refractivity contribution in [2.75, 3.05) is 58.6 Å². The van der Waals surface area contributed by atoms with Crippen LogP contribution in [0.5, 0.6) is 11.8 Å². The zero-order valence-corrected chi connectivity index (χ0v) is 42.3. The number of benzene rings is 2. The predicted octanol–water partition coefficient (Wildman–Crippen LogP) is 9.58. The van der Waals surface area contributed by atoms with E-state index in [1.54, 1.807) is 23.1 Å². The minimum absolute atomic E-state index is 0.0392. The molecule has 2 unspecified atom stereocenters. The van der Waals surface area contributed by atoms with Gasteiger partial charge in [0.15, 0.2) is 12.6 Å². The van der Waals surface area contributed by atoms with Gasteiger partial charge in [0.2, 0.25) is 0 Å². The zero-order valence-electron chi connectivity index (χ0n) is 41.3. The first-order chi connectivity index (χ1) is 32.2. The standard InChI is InChI=1S/C51H66F3N7O6Si/c1-29(2)68(30(3)4,31(5)6)20-17-37-39(53)16-13-32-21-36(66-28-64-11)22-38(40(32)37)43-42(54)44-41(45(56-43)47(62)55-10)46(58-48(57-44)65-27-51-18-12-19-60(51)24-33(52)23-51)59-25-34-14-15-35(26-59)61(34)49(63)67-50(7,8)9/h13,16,21-22,29-31,33-35H,12,14-15,18-19,23-28H2,1-11H3,(H,55,62)/t33-,34?,35?,51+/m1/s1. The third-order valence-corrected chi connectivity index (χ3v) is 21.0. The summed E-state index contributed by atoms with van der Waals surface area (Å²) in [4.78, 5) is 48.2. The molecule has 13 nitrogen and oxygen atoms in total. The van der Waals surface area contributed by atoms with Gasteiger partial charge in [0, 0.05) is 51.2 Å². The molecule has 1 N–H and O–H groups in total. The van der Waals surface area contributed by atoms with E-state index in [4.69, 9.17) is 33.9 Å². The molecule has 4 aliphatic rings. The van der Waals surface area contributed by atoms with E-state index in [2.05, 4.69) is 63.2 Å². The van der Waals surface area contributed by atoms with E-state index in [1.807, 2.05) is 25.7 Å². The molecule has 366 valence electrons. The molecule has 4 aromatic rings. The number of carbonyl (C=O) groups is 2. The molecule has 6 heterocycles. The average molecular weight is 958 g/mol. The van der Waals surface area contributed by atoms with Crippen LogP contribution in [0.4, 0.5) is 23.8 Å². The van der Waals surface area contributed by atoms with Crippen LogP contribution in [0.15, 0.2) is 24.3 Å². The number of hydrogen-bond donors (Lipinski definition) is 1. The highest BCUT2D eigenvalue weighted by molar-refractivity contribution is 6.90. The number of halogens is 3. The van der Waals surface area contributed by atoms with Gasteiger partial charge in [0.1, 0.15) is 60.7 Å². The molecule has 4 fully saturated rings. The van der Waals surface area contributed by atoms with Crippen molar-refractivity contribution in [3.63, 3.8) is 0 Å². The van der Waals surface area contributed by atoms with Crippen molar-refractivity contribution in [2.24, 2.45) is 0 Å². The first-order valence-corrected chi connectivity index (χ1v) is 26.3. The Morgan fingerprint density at radius 1 is 0.956 bits per heavy atom. The fraction of sp³-hybridized carbons (Fsp3) is 0.588. The second kappa shape index (κ2) is 19.0. The number of aromatic nitrogens is 3. The Balaban J connectivity index is 1.37. The SMILES string of the molecule is CNC(=O)c1nc(-c2cc(OCOC)cc3ccc(F)c(C#C[Si](C(C)C)(C(C)C)C(C)C)c23)c(F)c2nc(OC[C@@]34CCCN3C[C@H](F)C4)nc(N3CC4CCC(C3)N4C(=O)OC(C)(C)C)c12. The first-order valence-electron chi connectivity index (χ1n) is 24.0. The third kappa shape index (κ3) is 8.96. The van der Waals surface area contributed by atoms with Crippen molar-refractivity contribution in [1.29, 1.82) is 0 Å².